The van der Waals surface area contributed by atoms with Crippen LogP contribution in [-0.2, 0) is 0 Å². The summed E-state index contributed by atoms with van der Waals surface area (Å²) in [6.45, 7) is 14.0. The minimum absolute atomic E-state index is 0.855. The Morgan fingerprint density at radius 1 is 1.14 bits per heavy atom. The summed E-state index contributed by atoms with van der Waals surface area (Å²) in [4.78, 5) is 0. The summed E-state index contributed by atoms with van der Waals surface area (Å²) in [6.07, 6.45) is 8.91. The molecule has 0 N–H and O–H groups in total. The summed E-state index contributed by atoms with van der Waals surface area (Å²) >= 11 is 0. The van der Waals surface area contributed by atoms with Crippen LogP contribution in [0.15, 0.2) is 49.7 Å². The fourth-order valence-electron chi connectivity index (χ4n) is 1.61. The molecule has 0 atom stereocenters. The van der Waals surface area contributed by atoms with E-state index in [4.69, 9.17) is 0 Å². The van der Waals surface area contributed by atoms with Crippen molar-refractivity contribution in [2.75, 3.05) is 19.6 Å². The van der Waals surface area contributed by atoms with Gasteiger partial charge in [-0.3, -0.25) is 0 Å². The molecule has 1 heterocycles. The Bertz CT molecular complexity index is 253. The Balaban J connectivity index is 2.63. The molecule has 0 radical (unpaired) electrons. The third-order valence-electron chi connectivity index (χ3n) is 2.21. The number of hydrazine groups is 1. The molecule has 1 rings (SSSR count). The van der Waals surface area contributed by atoms with Crippen LogP contribution in [0.1, 0.15) is 6.42 Å². The van der Waals surface area contributed by atoms with Gasteiger partial charge in [0.1, 0.15) is 0 Å². The van der Waals surface area contributed by atoms with Gasteiger partial charge in [-0.15, -0.1) is 19.7 Å². The first-order valence-corrected chi connectivity index (χ1v) is 4.87. The highest BCUT2D eigenvalue weighted by atomic mass is 15.6. The normalized spacial score (nSPS) is 16.6. The molecule has 0 saturated heterocycles. The van der Waals surface area contributed by atoms with Crippen molar-refractivity contribution in [1.82, 2.24) is 10.0 Å². The van der Waals surface area contributed by atoms with Gasteiger partial charge in [0.2, 0.25) is 0 Å². The maximum atomic E-state index is 3.77. The third kappa shape index (κ3) is 2.36. The monoisotopic (exact) mass is 190 g/mol. The van der Waals surface area contributed by atoms with Crippen LogP contribution in [0.5, 0.6) is 0 Å². The van der Waals surface area contributed by atoms with Gasteiger partial charge in [-0.1, -0.05) is 18.2 Å². The first kappa shape index (κ1) is 10.8. The first-order chi connectivity index (χ1) is 6.83. The van der Waals surface area contributed by atoms with E-state index in [9.17, 15) is 0 Å². The predicted molar refractivity (Wildman–Crippen MR) is 61.6 cm³/mol. The second kappa shape index (κ2) is 5.45. The summed E-state index contributed by atoms with van der Waals surface area (Å²) in [7, 11) is 0. The molecule has 0 fully saturated rings. The van der Waals surface area contributed by atoms with E-state index in [0.717, 1.165) is 26.1 Å². The van der Waals surface area contributed by atoms with E-state index < -0.39 is 0 Å². The lowest BCUT2D eigenvalue weighted by molar-refractivity contribution is 0.0640. The Morgan fingerprint density at radius 3 is 2.43 bits per heavy atom. The summed E-state index contributed by atoms with van der Waals surface area (Å²) in [6, 6.07) is 0. The summed E-state index contributed by atoms with van der Waals surface area (Å²) in [5, 5.41) is 4.48. The second-order valence-electron chi connectivity index (χ2n) is 3.22. The van der Waals surface area contributed by atoms with Crippen LogP contribution in [-0.4, -0.2) is 29.7 Å². The van der Waals surface area contributed by atoms with Crippen LogP contribution in [0.2, 0.25) is 0 Å². The molecule has 0 aromatic heterocycles. The quantitative estimate of drug-likeness (QED) is 0.593. The summed E-state index contributed by atoms with van der Waals surface area (Å²) in [5.41, 5.74) is 1.31. The molecule has 2 heteroatoms. The lowest BCUT2D eigenvalue weighted by Crippen LogP contribution is -2.37. The highest BCUT2D eigenvalue weighted by Gasteiger charge is 2.19. The average molecular weight is 190 g/mol. The molecule has 76 valence electrons. The van der Waals surface area contributed by atoms with E-state index in [1.807, 2.05) is 18.2 Å². The number of hydrogen-bond donors (Lipinski definition) is 0. The molecule has 0 aromatic carbocycles. The van der Waals surface area contributed by atoms with E-state index in [1.54, 1.807) is 0 Å². The molecule has 0 aliphatic carbocycles. The zero-order chi connectivity index (χ0) is 10.4. The van der Waals surface area contributed by atoms with Gasteiger partial charge in [-0.25, -0.2) is 5.01 Å². The minimum Gasteiger partial charge on any atom is -0.305 e. The average Bonchev–Trinajstić information content (AvgIpc) is 2.52. The Labute approximate surface area is 86.5 Å². The van der Waals surface area contributed by atoms with Crippen LogP contribution in [0, 0.1) is 0 Å². The Kier molecular flexibility index (Phi) is 4.20. The molecule has 0 unspecified atom stereocenters. The molecule has 0 amide bonds. The number of nitrogens with zero attached hydrogens (tertiary/aromatic N) is 2. The molecule has 0 aromatic rings. The van der Waals surface area contributed by atoms with Gasteiger partial charge < -0.3 is 5.01 Å². The zero-order valence-corrected chi connectivity index (χ0v) is 8.65. The van der Waals surface area contributed by atoms with Crippen LogP contribution in [0.25, 0.3) is 0 Å². The second-order valence-corrected chi connectivity index (χ2v) is 3.22. The van der Waals surface area contributed by atoms with Gasteiger partial charge in [0.05, 0.1) is 6.54 Å². The molecule has 0 spiro atoms. The van der Waals surface area contributed by atoms with Crippen molar-refractivity contribution in [3.8, 4) is 0 Å². The standard InChI is InChI=1S/C12H18N2/c1-4-7-12-8-11-13(9-5-2)14(12)10-6-3/h4-6,8H,1-3,7,9-11H2. The number of allylic oxidation sites excluding steroid dienone is 1. The summed E-state index contributed by atoms with van der Waals surface area (Å²) in [5.74, 6) is 0. The number of rotatable bonds is 6. The zero-order valence-electron chi connectivity index (χ0n) is 8.65. The lowest BCUT2D eigenvalue weighted by atomic mass is 10.3. The van der Waals surface area contributed by atoms with Crippen molar-refractivity contribution in [3.05, 3.63) is 49.7 Å². The Hall–Kier alpha value is -1.28. The molecule has 0 bridgehead atoms. The maximum absolute atomic E-state index is 3.77. The highest BCUT2D eigenvalue weighted by molar-refractivity contribution is 5.12. The topological polar surface area (TPSA) is 6.48 Å². The van der Waals surface area contributed by atoms with E-state index in [0.29, 0.717) is 0 Å². The van der Waals surface area contributed by atoms with Gasteiger partial charge in [0.15, 0.2) is 0 Å². The van der Waals surface area contributed by atoms with E-state index >= 15 is 0 Å². The Morgan fingerprint density at radius 2 is 1.86 bits per heavy atom. The van der Waals surface area contributed by atoms with Crippen molar-refractivity contribution in [3.63, 3.8) is 0 Å². The highest BCUT2D eigenvalue weighted by Crippen LogP contribution is 2.19. The van der Waals surface area contributed by atoms with Crippen LogP contribution in [0.4, 0.5) is 0 Å². The first-order valence-electron chi connectivity index (χ1n) is 4.87. The minimum atomic E-state index is 0.855. The predicted octanol–water partition coefficient (Wildman–Crippen LogP) is 2.35. The molecule has 2 nitrogen and oxygen atoms in total. The summed E-state index contributed by atoms with van der Waals surface area (Å²) < 4.78 is 0. The third-order valence-corrected chi connectivity index (χ3v) is 2.21. The van der Waals surface area contributed by atoms with E-state index in [-0.39, 0.29) is 0 Å². The van der Waals surface area contributed by atoms with E-state index in [1.165, 1.54) is 5.70 Å². The fraction of sp³-hybridized carbons (Fsp3) is 0.333. The molecule has 1 aliphatic heterocycles. The molecular weight excluding hydrogens is 172 g/mol. The van der Waals surface area contributed by atoms with Crippen molar-refractivity contribution in [2.45, 2.75) is 6.42 Å². The van der Waals surface area contributed by atoms with Crippen molar-refractivity contribution < 1.29 is 0 Å². The largest absolute Gasteiger partial charge is 0.305 e. The van der Waals surface area contributed by atoms with Crippen LogP contribution >= 0.6 is 0 Å². The van der Waals surface area contributed by atoms with Gasteiger partial charge in [0.25, 0.3) is 0 Å². The maximum Gasteiger partial charge on any atom is 0.0521 e. The molecule has 14 heavy (non-hydrogen) atoms. The van der Waals surface area contributed by atoms with Gasteiger partial charge in [-0.05, 0) is 6.08 Å². The van der Waals surface area contributed by atoms with Gasteiger partial charge >= 0.3 is 0 Å². The van der Waals surface area contributed by atoms with Crippen LogP contribution < -0.4 is 0 Å². The van der Waals surface area contributed by atoms with Crippen LogP contribution in [0.3, 0.4) is 0 Å². The molecule has 1 aliphatic rings. The van der Waals surface area contributed by atoms with Gasteiger partial charge in [-0.2, -0.15) is 0 Å². The number of hydrogen-bond acceptors (Lipinski definition) is 2. The van der Waals surface area contributed by atoms with Crippen molar-refractivity contribution in [1.29, 1.82) is 0 Å². The fourth-order valence-corrected chi connectivity index (χ4v) is 1.61. The lowest BCUT2D eigenvalue weighted by Gasteiger charge is -2.30. The smallest absolute Gasteiger partial charge is 0.0521 e. The van der Waals surface area contributed by atoms with E-state index in [2.05, 4.69) is 35.8 Å². The molecular formula is C12H18N2. The van der Waals surface area contributed by atoms with Crippen molar-refractivity contribution >= 4 is 0 Å². The SMILES string of the molecule is C=CCC1=CCN(CC=C)N1CC=C. The van der Waals surface area contributed by atoms with Crippen molar-refractivity contribution in [2.24, 2.45) is 0 Å². The molecule has 0 saturated carbocycles. The van der Waals surface area contributed by atoms with Gasteiger partial charge in [0, 0.05) is 25.2 Å².